The first kappa shape index (κ1) is 23.3. The first-order valence-corrected chi connectivity index (χ1v) is 10.6. The molecule has 0 bridgehead atoms. The first-order chi connectivity index (χ1) is 8.74. The van der Waals surface area contributed by atoms with Crippen molar-refractivity contribution >= 4 is 42.4 Å². The van der Waals surface area contributed by atoms with Crippen LogP contribution >= 0.6 is 33.6 Å². The van der Waals surface area contributed by atoms with Gasteiger partial charge in [0, 0.05) is 56.7 Å². The summed E-state index contributed by atoms with van der Waals surface area (Å²) in [5, 5.41) is 12.7. The van der Waals surface area contributed by atoms with Crippen molar-refractivity contribution in [2.75, 3.05) is 38.6 Å². The van der Waals surface area contributed by atoms with Crippen molar-refractivity contribution < 1.29 is 57.5 Å². The molecule has 19 heavy (non-hydrogen) atoms. The molecule has 0 saturated carbocycles. The van der Waals surface area contributed by atoms with Crippen LogP contribution in [-0.2, 0) is 22.7 Å². The third kappa shape index (κ3) is 12.3. The van der Waals surface area contributed by atoms with Gasteiger partial charge in [0.05, 0.1) is 0 Å². The molecule has 110 valence electrons. The van der Waals surface area contributed by atoms with Crippen molar-refractivity contribution in [1.29, 1.82) is 0 Å². The Morgan fingerprint density at radius 3 is 2.05 bits per heavy atom. The molecule has 0 aliphatic heterocycles. The van der Waals surface area contributed by atoms with E-state index in [-0.39, 0.29) is 29.6 Å². The van der Waals surface area contributed by atoms with E-state index in [0.29, 0.717) is 5.75 Å². The Bertz CT molecular complexity index is 184. The zero-order valence-electron chi connectivity index (χ0n) is 11.7. The average Bonchev–Trinajstić information content (AvgIpc) is 2.42. The van der Waals surface area contributed by atoms with Crippen LogP contribution < -0.4 is 34.8 Å². The molecule has 0 heterocycles. The maximum absolute atomic E-state index is 9.50. The van der Waals surface area contributed by atoms with Gasteiger partial charge < -0.3 is 18.5 Å². The summed E-state index contributed by atoms with van der Waals surface area (Å²) in [5.41, 5.74) is 0. The average molecular weight is 359 g/mol. The quantitative estimate of drug-likeness (QED) is 0.0978. The van der Waals surface area contributed by atoms with Crippen LogP contribution in [0.15, 0.2) is 0 Å². The van der Waals surface area contributed by atoms with Gasteiger partial charge in [0.25, 0.3) is 0 Å². The molecule has 0 fully saturated rings. The molecule has 0 aromatic rings. The molecule has 0 atom stereocenters. The van der Waals surface area contributed by atoms with Crippen molar-refractivity contribution in [1.82, 2.24) is 0 Å². The molecule has 0 aliphatic carbocycles. The van der Waals surface area contributed by atoms with E-state index >= 15 is 0 Å². The van der Waals surface area contributed by atoms with Gasteiger partial charge >= 0.3 is 38.4 Å². The van der Waals surface area contributed by atoms with E-state index in [2.05, 4.69) is 9.37 Å². The summed E-state index contributed by atoms with van der Waals surface area (Å²) in [7, 11) is 5.96. The number of hydrogen-bond acceptors (Lipinski definition) is 9. The van der Waals surface area contributed by atoms with Crippen LogP contribution in [0, 0.1) is 0 Å². The standard InChI is InChI=1S/C8H20O6S3Si.Na/c1-10-18(11-2,12-3)8-4-5-16-17-7-6-15-14-13-9;/h9H,4-8H2,1-3H3;/q;+1/p-1. The van der Waals surface area contributed by atoms with Crippen molar-refractivity contribution in [2.45, 2.75) is 12.5 Å². The van der Waals surface area contributed by atoms with Crippen LogP contribution in [-0.4, -0.2) is 47.4 Å². The van der Waals surface area contributed by atoms with Gasteiger partial charge in [-0.1, -0.05) is 21.6 Å². The summed E-state index contributed by atoms with van der Waals surface area (Å²) in [6, 6.07) is 0.811. The fraction of sp³-hybridized carbons (Fsp3) is 1.00. The van der Waals surface area contributed by atoms with Crippen LogP contribution in [0.25, 0.3) is 0 Å². The van der Waals surface area contributed by atoms with E-state index in [1.54, 1.807) is 42.9 Å². The molecule has 11 heteroatoms. The summed E-state index contributed by atoms with van der Waals surface area (Å²) >= 11 is 1.01. The second-order valence-electron chi connectivity index (χ2n) is 3.00. The molecule has 0 aromatic heterocycles. The Hall–Kier alpha value is 2.03. The van der Waals surface area contributed by atoms with Crippen LogP contribution in [0.4, 0.5) is 0 Å². The first-order valence-electron chi connectivity index (χ1n) is 5.22. The van der Waals surface area contributed by atoms with Crippen LogP contribution in [0.1, 0.15) is 6.42 Å². The second-order valence-corrected chi connectivity index (χ2v) is 9.57. The van der Waals surface area contributed by atoms with E-state index in [9.17, 15) is 5.26 Å². The van der Waals surface area contributed by atoms with Crippen LogP contribution in [0.5, 0.6) is 0 Å². The molecule has 0 spiro atoms. The third-order valence-corrected chi connectivity index (χ3v) is 8.16. The Morgan fingerprint density at radius 2 is 1.53 bits per heavy atom. The second kappa shape index (κ2) is 16.4. The molecule has 6 nitrogen and oxygen atoms in total. The third-order valence-electron chi connectivity index (χ3n) is 2.05. The summed E-state index contributed by atoms with van der Waals surface area (Å²) in [6.07, 6.45) is 0.979. The Balaban J connectivity index is 0. The Kier molecular flexibility index (Phi) is 20.1. The summed E-state index contributed by atoms with van der Waals surface area (Å²) in [6.45, 7) is 0. The SMILES string of the molecule is CO[Si](CCCSSCCSOO[O-])(OC)OC.[Na+]. The van der Waals surface area contributed by atoms with Crippen LogP contribution in [0.2, 0.25) is 6.04 Å². The minimum atomic E-state index is -2.40. The minimum absolute atomic E-state index is 0. The molecule has 0 N–H and O–H groups in total. The van der Waals surface area contributed by atoms with Crippen LogP contribution in [0.3, 0.4) is 0 Å². The molecule has 0 amide bonds. The molecule has 0 rings (SSSR count). The van der Waals surface area contributed by atoms with Gasteiger partial charge in [-0.15, -0.1) is 0 Å². The molecule has 0 aliphatic rings. The van der Waals surface area contributed by atoms with Crippen molar-refractivity contribution in [3.8, 4) is 0 Å². The summed E-state index contributed by atoms with van der Waals surface area (Å²) in [4.78, 5) is 0. The zero-order valence-corrected chi connectivity index (χ0v) is 17.2. The van der Waals surface area contributed by atoms with Gasteiger partial charge in [0.2, 0.25) is 0 Å². The zero-order chi connectivity index (χ0) is 13.7. The Labute approximate surface area is 150 Å². The molecule has 0 unspecified atom stereocenters. The summed E-state index contributed by atoms with van der Waals surface area (Å²) < 4.78 is 20.1. The smallest absolute Gasteiger partial charge is 0.691 e. The normalized spacial score (nSPS) is 11.4. The van der Waals surface area contributed by atoms with Gasteiger partial charge in [0.15, 0.2) is 0 Å². The van der Waals surface area contributed by atoms with E-state index in [0.717, 1.165) is 36.0 Å². The van der Waals surface area contributed by atoms with Crippen molar-refractivity contribution in [2.24, 2.45) is 0 Å². The largest absolute Gasteiger partial charge is 1.00 e. The van der Waals surface area contributed by atoms with Gasteiger partial charge in [-0.3, -0.25) is 5.04 Å². The van der Waals surface area contributed by atoms with E-state index in [1.165, 1.54) is 0 Å². The van der Waals surface area contributed by atoms with Crippen molar-refractivity contribution in [3.05, 3.63) is 0 Å². The molecular weight excluding hydrogens is 339 g/mol. The van der Waals surface area contributed by atoms with Gasteiger partial charge in [0.1, 0.15) is 0 Å². The predicted octanol–water partition coefficient (Wildman–Crippen LogP) is -1.49. The van der Waals surface area contributed by atoms with E-state index in [4.69, 9.17) is 13.3 Å². The van der Waals surface area contributed by atoms with Crippen molar-refractivity contribution in [3.63, 3.8) is 0 Å². The fourth-order valence-corrected chi connectivity index (χ4v) is 5.94. The molecule has 0 saturated heterocycles. The maximum atomic E-state index is 9.50. The monoisotopic (exact) mass is 358 g/mol. The number of hydrogen-bond donors (Lipinski definition) is 0. The number of rotatable bonds is 13. The fourth-order valence-electron chi connectivity index (χ4n) is 1.14. The molecular formula is C8H19NaO6S3Si. The van der Waals surface area contributed by atoms with Gasteiger partial charge in [-0.25, -0.2) is 0 Å². The predicted molar refractivity (Wildman–Crippen MR) is 75.7 cm³/mol. The molecule has 0 radical (unpaired) electrons. The maximum Gasteiger partial charge on any atom is 1.00 e. The molecule has 0 aromatic carbocycles. The minimum Gasteiger partial charge on any atom is -0.691 e. The van der Waals surface area contributed by atoms with Gasteiger partial charge in [-0.05, 0) is 6.42 Å². The Morgan fingerprint density at radius 1 is 0.947 bits per heavy atom. The van der Waals surface area contributed by atoms with Gasteiger partial charge in [-0.2, -0.15) is 4.33 Å². The van der Waals surface area contributed by atoms with E-state index < -0.39 is 8.80 Å². The van der Waals surface area contributed by atoms with E-state index in [1.807, 2.05) is 0 Å². The topological polar surface area (TPSA) is 69.2 Å². The summed E-state index contributed by atoms with van der Waals surface area (Å²) in [5.74, 6) is 2.60.